The quantitative estimate of drug-likeness (QED) is 0.495. The lowest BCUT2D eigenvalue weighted by atomic mass is 10.2. The Morgan fingerprint density at radius 2 is 2.00 bits per heavy atom. The molecule has 0 aliphatic heterocycles. The number of hydrogen-bond donors (Lipinski definition) is 3. The maximum absolute atomic E-state index is 11.3. The molecule has 0 spiro atoms. The van der Waals surface area contributed by atoms with Gasteiger partial charge >= 0.3 is 0 Å². The predicted molar refractivity (Wildman–Crippen MR) is 50.2 cm³/mol. The van der Waals surface area contributed by atoms with Gasteiger partial charge in [0, 0.05) is 6.54 Å². The van der Waals surface area contributed by atoms with Crippen LogP contribution in [-0.2, 0) is 9.59 Å². The van der Waals surface area contributed by atoms with Gasteiger partial charge in [-0.1, -0.05) is 0 Å². The van der Waals surface area contributed by atoms with E-state index in [4.69, 9.17) is 5.73 Å². The van der Waals surface area contributed by atoms with Crippen LogP contribution < -0.4 is 16.4 Å². The van der Waals surface area contributed by atoms with Gasteiger partial charge in [-0.25, -0.2) is 0 Å². The third-order valence-corrected chi connectivity index (χ3v) is 1.87. The van der Waals surface area contributed by atoms with Gasteiger partial charge in [0.2, 0.25) is 5.91 Å². The molecule has 0 radical (unpaired) electrons. The first-order valence-corrected chi connectivity index (χ1v) is 4.21. The predicted octanol–water partition coefficient (Wildman–Crippen LogP) is -1.37. The minimum atomic E-state index is -0.449. The summed E-state index contributed by atoms with van der Waals surface area (Å²) < 4.78 is 0. The van der Waals surface area contributed by atoms with Crippen molar-refractivity contribution in [1.82, 2.24) is 10.6 Å². The van der Waals surface area contributed by atoms with E-state index in [0.29, 0.717) is 0 Å². The Morgan fingerprint density at radius 3 is 2.31 bits per heavy atom. The molecule has 0 aliphatic rings. The van der Waals surface area contributed by atoms with Gasteiger partial charge in [-0.05, 0) is 20.9 Å². The highest BCUT2D eigenvalue weighted by Crippen LogP contribution is 1.86. The molecule has 0 saturated heterocycles. The van der Waals surface area contributed by atoms with Crippen LogP contribution in [-0.4, -0.2) is 37.4 Å². The van der Waals surface area contributed by atoms with Crippen molar-refractivity contribution < 1.29 is 9.59 Å². The van der Waals surface area contributed by atoms with E-state index in [9.17, 15) is 9.59 Å². The lowest BCUT2D eigenvalue weighted by Crippen LogP contribution is -2.50. The maximum Gasteiger partial charge on any atom is 0.239 e. The van der Waals surface area contributed by atoms with Crippen LogP contribution in [0.2, 0.25) is 0 Å². The second kappa shape index (κ2) is 5.66. The van der Waals surface area contributed by atoms with Gasteiger partial charge in [0.05, 0.1) is 12.1 Å². The lowest BCUT2D eigenvalue weighted by Gasteiger charge is -2.16. The van der Waals surface area contributed by atoms with Gasteiger partial charge in [-0.3, -0.25) is 9.59 Å². The zero-order valence-corrected chi connectivity index (χ0v) is 8.26. The summed E-state index contributed by atoms with van der Waals surface area (Å²) in [6.45, 7) is 3.29. The summed E-state index contributed by atoms with van der Waals surface area (Å²) in [5, 5.41) is 5.30. The van der Waals surface area contributed by atoms with Crippen LogP contribution in [0, 0.1) is 0 Å². The molecular weight excluding hydrogens is 170 g/mol. The fourth-order valence-corrected chi connectivity index (χ4v) is 0.772. The number of nitrogens with one attached hydrogen (secondary N) is 2. The van der Waals surface area contributed by atoms with Crippen LogP contribution >= 0.6 is 0 Å². The smallest absolute Gasteiger partial charge is 0.239 e. The standard InChI is InChI=1S/C8H17N3O2/c1-5(6(2)12)11-8(13)7(4-9)10-3/h5,7,10H,4,9H2,1-3H3,(H,11,13). The average Bonchev–Trinajstić information content (AvgIpc) is 2.06. The molecule has 4 N–H and O–H groups in total. The fraction of sp³-hybridized carbons (Fsp3) is 0.750. The number of rotatable bonds is 5. The van der Waals surface area contributed by atoms with Crippen molar-refractivity contribution in [2.75, 3.05) is 13.6 Å². The molecule has 1 amide bonds. The lowest BCUT2D eigenvalue weighted by molar-refractivity contribution is -0.127. The maximum atomic E-state index is 11.3. The van der Waals surface area contributed by atoms with E-state index in [1.807, 2.05) is 0 Å². The Labute approximate surface area is 78.1 Å². The van der Waals surface area contributed by atoms with Crippen molar-refractivity contribution in [3.63, 3.8) is 0 Å². The van der Waals surface area contributed by atoms with Crippen molar-refractivity contribution in [3.8, 4) is 0 Å². The van der Waals surface area contributed by atoms with Crippen molar-refractivity contribution in [1.29, 1.82) is 0 Å². The number of ketones is 1. The van der Waals surface area contributed by atoms with Gasteiger partial charge < -0.3 is 16.4 Å². The number of hydrogen-bond acceptors (Lipinski definition) is 4. The summed E-state index contributed by atoms with van der Waals surface area (Å²) in [7, 11) is 1.65. The van der Waals surface area contributed by atoms with Crippen LogP contribution in [0.1, 0.15) is 13.8 Å². The molecule has 0 aliphatic carbocycles. The van der Waals surface area contributed by atoms with E-state index in [1.165, 1.54) is 6.92 Å². The van der Waals surface area contributed by atoms with Gasteiger partial charge in [0.15, 0.2) is 5.78 Å². The van der Waals surface area contributed by atoms with E-state index in [-0.39, 0.29) is 18.2 Å². The van der Waals surface area contributed by atoms with E-state index < -0.39 is 12.1 Å². The second-order valence-corrected chi connectivity index (χ2v) is 2.92. The number of carbonyl (C=O) groups excluding carboxylic acids is 2. The molecule has 13 heavy (non-hydrogen) atoms. The summed E-state index contributed by atoms with van der Waals surface area (Å²) in [6.07, 6.45) is 0. The summed E-state index contributed by atoms with van der Waals surface area (Å²) in [5.74, 6) is -0.312. The molecule has 5 heteroatoms. The summed E-state index contributed by atoms with van der Waals surface area (Å²) >= 11 is 0. The van der Waals surface area contributed by atoms with Crippen molar-refractivity contribution in [3.05, 3.63) is 0 Å². The zero-order valence-electron chi connectivity index (χ0n) is 8.26. The van der Waals surface area contributed by atoms with Crippen LogP contribution in [0.4, 0.5) is 0 Å². The van der Waals surface area contributed by atoms with Crippen molar-refractivity contribution in [2.45, 2.75) is 25.9 Å². The minimum absolute atomic E-state index is 0.0692. The molecule has 2 atom stereocenters. The first-order valence-electron chi connectivity index (χ1n) is 4.21. The molecule has 0 rings (SSSR count). The number of nitrogens with two attached hydrogens (primary N) is 1. The molecule has 0 aromatic heterocycles. The molecule has 2 unspecified atom stereocenters. The molecule has 0 aromatic carbocycles. The highest BCUT2D eigenvalue weighted by Gasteiger charge is 2.17. The molecule has 0 bridgehead atoms. The average molecular weight is 187 g/mol. The van der Waals surface area contributed by atoms with E-state index in [0.717, 1.165) is 0 Å². The Hall–Kier alpha value is -0.940. The molecule has 0 aromatic rings. The normalized spacial score (nSPS) is 14.8. The van der Waals surface area contributed by atoms with Crippen LogP contribution in [0.5, 0.6) is 0 Å². The van der Waals surface area contributed by atoms with Crippen molar-refractivity contribution in [2.24, 2.45) is 5.73 Å². The minimum Gasteiger partial charge on any atom is -0.345 e. The molecule has 5 nitrogen and oxygen atoms in total. The summed E-state index contributed by atoms with van der Waals surface area (Å²) in [6, 6.07) is -0.878. The number of likely N-dealkylation sites (N-methyl/N-ethyl adjacent to an activating group) is 1. The largest absolute Gasteiger partial charge is 0.345 e. The molecular formula is C8H17N3O2. The molecule has 76 valence electrons. The number of Topliss-reactive ketones (excluding diaryl/α,β-unsaturated/α-hetero) is 1. The van der Waals surface area contributed by atoms with E-state index in [2.05, 4.69) is 10.6 Å². The number of carbonyl (C=O) groups is 2. The number of amides is 1. The summed E-state index contributed by atoms with van der Waals surface area (Å²) in [4.78, 5) is 22.1. The monoisotopic (exact) mass is 187 g/mol. The van der Waals surface area contributed by atoms with E-state index in [1.54, 1.807) is 14.0 Å². The van der Waals surface area contributed by atoms with Crippen LogP contribution in [0.15, 0.2) is 0 Å². The Bertz CT molecular complexity index is 190. The molecule has 0 fully saturated rings. The van der Waals surface area contributed by atoms with E-state index >= 15 is 0 Å². The van der Waals surface area contributed by atoms with Gasteiger partial charge in [0.1, 0.15) is 0 Å². The van der Waals surface area contributed by atoms with Gasteiger partial charge in [-0.2, -0.15) is 0 Å². The van der Waals surface area contributed by atoms with Gasteiger partial charge in [0.25, 0.3) is 0 Å². The van der Waals surface area contributed by atoms with Crippen LogP contribution in [0.3, 0.4) is 0 Å². The Kier molecular flexibility index (Phi) is 5.25. The van der Waals surface area contributed by atoms with Crippen LogP contribution in [0.25, 0.3) is 0 Å². The molecule has 0 heterocycles. The topological polar surface area (TPSA) is 84.2 Å². The second-order valence-electron chi connectivity index (χ2n) is 2.92. The Balaban J connectivity index is 4.05. The Morgan fingerprint density at radius 1 is 1.46 bits per heavy atom. The third-order valence-electron chi connectivity index (χ3n) is 1.87. The first-order chi connectivity index (χ1) is 6.02. The zero-order chi connectivity index (χ0) is 10.4. The molecule has 0 saturated carbocycles. The van der Waals surface area contributed by atoms with Crippen molar-refractivity contribution >= 4 is 11.7 Å². The third kappa shape index (κ3) is 4.00. The SMILES string of the molecule is CNC(CN)C(=O)NC(C)C(C)=O. The first kappa shape index (κ1) is 12.1. The fourth-order valence-electron chi connectivity index (χ4n) is 0.772. The highest BCUT2D eigenvalue weighted by atomic mass is 16.2. The van der Waals surface area contributed by atoms with Gasteiger partial charge in [-0.15, -0.1) is 0 Å². The highest BCUT2D eigenvalue weighted by molar-refractivity contribution is 5.89. The summed E-state index contributed by atoms with van der Waals surface area (Å²) in [5.41, 5.74) is 5.33.